The SMILES string of the molecule is CCNC(=NCCCN(C)c1cccc(F)c1)N1CCCC1. The third-order valence-electron chi connectivity index (χ3n) is 3.90. The number of rotatable bonds is 6. The van der Waals surface area contributed by atoms with Crippen molar-refractivity contribution in [3.8, 4) is 0 Å². The highest BCUT2D eigenvalue weighted by Gasteiger charge is 2.15. The lowest BCUT2D eigenvalue weighted by molar-refractivity contribution is 0.493. The maximum atomic E-state index is 13.2. The fraction of sp³-hybridized carbons (Fsp3) is 0.588. The lowest BCUT2D eigenvalue weighted by atomic mass is 10.2. The van der Waals surface area contributed by atoms with Gasteiger partial charge in [-0.3, -0.25) is 4.99 Å². The first-order valence-electron chi connectivity index (χ1n) is 8.20. The number of halogens is 1. The molecule has 0 atom stereocenters. The normalized spacial score (nSPS) is 15.2. The molecule has 0 unspecified atom stereocenters. The van der Waals surface area contributed by atoms with Crippen LogP contribution in [-0.2, 0) is 0 Å². The van der Waals surface area contributed by atoms with E-state index >= 15 is 0 Å². The van der Waals surface area contributed by atoms with Gasteiger partial charge in [-0.2, -0.15) is 0 Å². The summed E-state index contributed by atoms with van der Waals surface area (Å²) in [6, 6.07) is 6.72. The van der Waals surface area contributed by atoms with Crippen LogP contribution < -0.4 is 10.2 Å². The number of guanidine groups is 1. The van der Waals surface area contributed by atoms with Crippen LogP contribution in [0.3, 0.4) is 0 Å². The van der Waals surface area contributed by atoms with Gasteiger partial charge >= 0.3 is 0 Å². The molecule has 0 aromatic heterocycles. The van der Waals surface area contributed by atoms with E-state index < -0.39 is 0 Å². The van der Waals surface area contributed by atoms with E-state index in [1.165, 1.54) is 18.9 Å². The van der Waals surface area contributed by atoms with Gasteiger partial charge in [0.2, 0.25) is 0 Å². The maximum Gasteiger partial charge on any atom is 0.193 e. The Labute approximate surface area is 133 Å². The van der Waals surface area contributed by atoms with E-state index in [-0.39, 0.29) is 5.82 Å². The molecule has 0 radical (unpaired) electrons. The molecule has 1 aromatic rings. The topological polar surface area (TPSA) is 30.9 Å². The second-order valence-electron chi connectivity index (χ2n) is 5.68. The zero-order valence-corrected chi connectivity index (χ0v) is 13.7. The van der Waals surface area contributed by atoms with Crippen molar-refractivity contribution in [2.45, 2.75) is 26.2 Å². The van der Waals surface area contributed by atoms with Crippen molar-refractivity contribution in [1.82, 2.24) is 10.2 Å². The minimum Gasteiger partial charge on any atom is -0.374 e. The number of nitrogens with zero attached hydrogens (tertiary/aromatic N) is 3. The molecule has 5 heteroatoms. The van der Waals surface area contributed by atoms with E-state index in [0.29, 0.717) is 0 Å². The molecule has 1 aliphatic heterocycles. The fourth-order valence-corrected chi connectivity index (χ4v) is 2.69. The first-order chi connectivity index (χ1) is 10.7. The molecule has 1 aliphatic rings. The summed E-state index contributed by atoms with van der Waals surface area (Å²) >= 11 is 0. The summed E-state index contributed by atoms with van der Waals surface area (Å²) < 4.78 is 13.2. The molecule has 0 saturated carbocycles. The number of hydrogen-bond donors (Lipinski definition) is 1. The molecule has 1 heterocycles. The Morgan fingerprint density at radius 1 is 1.36 bits per heavy atom. The van der Waals surface area contributed by atoms with E-state index in [2.05, 4.69) is 22.0 Å². The van der Waals surface area contributed by atoms with Crippen LogP contribution in [-0.4, -0.2) is 50.6 Å². The Morgan fingerprint density at radius 3 is 2.82 bits per heavy atom. The second kappa shape index (κ2) is 8.61. The minimum absolute atomic E-state index is 0.189. The average Bonchev–Trinajstić information content (AvgIpc) is 3.04. The Kier molecular flexibility index (Phi) is 6.49. The van der Waals surface area contributed by atoms with Crippen molar-refractivity contribution in [2.75, 3.05) is 44.7 Å². The lowest BCUT2D eigenvalue weighted by Gasteiger charge is -2.21. The molecule has 1 fully saturated rings. The first kappa shape index (κ1) is 16.6. The highest BCUT2D eigenvalue weighted by Crippen LogP contribution is 2.14. The number of aliphatic imine (C=N–C) groups is 1. The summed E-state index contributed by atoms with van der Waals surface area (Å²) in [6.07, 6.45) is 3.47. The predicted molar refractivity (Wildman–Crippen MR) is 91.1 cm³/mol. The molecular formula is C17H27FN4. The standard InChI is InChI=1S/C17H27FN4/c1-3-19-17(22-12-4-5-13-22)20-10-7-11-21(2)16-9-6-8-15(18)14-16/h6,8-9,14H,3-5,7,10-13H2,1-2H3,(H,19,20). The van der Waals surface area contributed by atoms with Crippen molar-refractivity contribution in [3.63, 3.8) is 0 Å². The molecular weight excluding hydrogens is 279 g/mol. The highest BCUT2D eigenvalue weighted by atomic mass is 19.1. The molecule has 0 aliphatic carbocycles. The van der Waals surface area contributed by atoms with Gasteiger partial charge in [0.25, 0.3) is 0 Å². The van der Waals surface area contributed by atoms with Crippen LogP contribution in [0.1, 0.15) is 26.2 Å². The Balaban J connectivity index is 1.80. The number of likely N-dealkylation sites (tertiary alicyclic amines) is 1. The van der Waals surface area contributed by atoms with Gasteiger partial charge in [0.15, 0.2) is 5.96 Å². The van der Waals surface area contributed by atoms with Crippen LogP contribution in [0.25, 0.3) is 0 Å². The van der Waals surface area contributed by atoms with Gasteiger partial charge in [0, 0.05) is 45.5 Å². The Hall–Kier alpha value is -1.78. The van der Waals surface area contributed by atoms with E-state index in [0.717, 1.165) is 50.8 Å². The quantitative estimate of drug-likeness (QED) is 0.498. The van der Waals surface area contributed by atoms with Gasteiger partial charge in [0.1, 0.15) is 5.82 Å². The zero-order valence-electron chi connectivity index (χ0n) is 13.7. The highest BCUT2D eigenvalue weighted by molar-refractivity contribution is 5.80. The van der Waals surface area contributed by atoms with E-state index in [1.54, 1.807) is 12.1 Å². The van der Waals surface area contributed by atoms with Crippen LogP contribution in [0.2, 0.25) is 0 Å². The van der Waals surface area contributed by atoms with Gasteiger partial charge in [-0.1, -0.05) is 6.07 Å². The summed E-state index contributed by atoms with van der Waals surface area (Å²) in [4.78, 5) is 9.11. The predicted octanol–water partition coefficient (Wildman–Crippen LogP) is 2.71. The third kappa shape index (κ3) is 4.90. The summed E-state index contributed by atoms with van der Waals surface area (Å²) in [5.41, 5.74) is 0.912. The van der Waals surface area contributed by atoms with Gasteiger partial charge in [-0.05, 0) is 44.4 Å². The van der Waals surface area contributed by atoms with Crippen LogP contribution in [0.15, 0.2) is 29.3 Å². The van der Waals surface area contributed by atoms with Gasteiger partial charge < -0.3 is 15.1 Å². The fourth-order valence-electron chi connectivity index (χ4n) is 2.69. The molecule has 2 rings (SSSR count). The van der Waals surface area contributed by atoms with Crippen molar-refractivity contribution < 1.29 is 4.39 Å². The maximum absolute atomic E-state index is 13.2. The van der Waals surface area contributed by atoms with Gasteiger partial charge in [0.05, 0.1) is 0 Å². The molecule has 0 amide bonds. The smallest absolute Gasteiger partial charge is 0.193 e. The van der Waals surface area contributed by atoms with Crippen molar-refractivity contribution in [1.29, 1.82) is 0 Å². The first-order valence-corrected chi connectivity index (χ1v) is 8.20. The Bertz CT molecular complexity index is 483. The van der Waals surface area contributed by atoms with E-state index in [1.807, 2.05) is 13.1 Å². The molecule has 0 spiro atoms. The number of hydrogen-bond acceptors (Lipinski definition) is 2. The molecule has 1 saturated heterocycles. The summed E-state index contributed by atoms with van der Waals surface area (Å²) in [7, 11) is 1.99. The zero-order chi connectivity index (χ0) is 15.8. The van der Waals surface area contributed by atoms with Crippen molar-refractivity contribution >= 4 is 11.6 Å². The van der Waals surface area contributed by atoms with E-state index in [4.69, 9.17) is 4.99 Å². The monoisotopic (exact) mass is 306 g/mol. The summed E-state index contributed by atoms with van der Waals surface area (Å²) in [6.45, 7) is 6.87. The summed E-state index contributed by atoms with van der Waals surface area (Å²) in [5, 5.41) is 3.36. The van der Waals surface area contributed by atoms with Gasteiger partial charge in [-0.25, -0.2) is 4.39 Å². The van der Waals surface area contributed by atoms with Crippen LogP contribution >= 0.6 is 0 Å². The second-order valence-corrected chi connectivity index (χ2v) is 5.68. The third-order valence-corrected chi connectivity index (χ3v) is 3.90. The van der Waals surface area contributed by atoms with Gasteiger partial charge in [-0.15, -0.1) is 0 Å². The molecule has 122 valence electrons. The van der Waals surface area contributed by atoms with Crippen LogP contribution in [0.4, 0.5) is 10.1 Å². The number of benzene rings is 1. The minimum atomic E-state index is -0.189. The average molecular weight is 306 g/mol. The molecule has 1 N–H and O–H groups in total. The molecule has 4 nitrogen and oxygen atoms in total. The van der Waals surface area contributed by atoms with Crippen LogP contribution in [0.5, 0.6) is 0 Å². The van der Waals surface area contributed by atoms with Crippen molar-refractivity contribution in [3.05, 3.63) is 30.1 Å². The van der Waals surface area contributed by atoms with Crippen LogP contribution in [0, 0.1) is 5.82 Å². The Morgan fingerprint density at radius 2 is 2.14 bits per heavy atom. The largest absolute Gasteiger partial charge is 0.374 e. The number of anilines is 1. The molecule has 1 aromatic carbocycles. The van der Waals surface area contributed by atoms with E-state index in [9.17, 15) is 4.39 Å². The van der Waals surface area contributed by atoms with Crippen molar-refractivity contribution in [2.24, 2.45) is 4.99 Å². The molecule has 0 bridgehead atoms. The molecule has 22 heavy (non-hydrogen) atoms. The lowest BCUT2D eigenvalue weighted by Crippen LogP contribution is -2.39. The summed E-state index contributed by atoms with van der Waals surface area (Å²) in [5.74, 6) is 0.847. The number of nitrogens with one attached hydrogen (secondary N) is 1.